The van der Waals surface area contributed by atoms with Gasteiger partial charge in [-0.25, -0.2) is 4.39 Å². The molecule has 6 nitrogen and oxygen atoms in total. The Labute approximate surface area is 229 Å². The van der Waals surface area contributed by atoms with Gasteiger partial charge >= 0.3 is 12.1 Å². The average molecular weight is 568 g/mol. The number of likely N-dealkylation sites (N-methyl/N-ethyl adjacent to an activating group) is 1. The highest BCUT2D eigenvalue weighted by Gasteiger charge is 2.51. The first-order valence-corrected chi connectivity index (χ1v) is 13.2. The number of rotatable bonds is 11. The first kappa shape index (κ1) is 29.8. The third-order valence-electron chi connectivity index (χ3n) is 7.62. The summed E-state index contributed by atoms with van der Waals surface area (Å²) in [6.07, 6.45) is -4.71. The Morgan fingerprint density at radius 1 is 1.23 bits per heavy atom. The number of carboxylic acid groups (broad SMARTS) is 1. The lowest BCUT2D eigenvalue weighted by molar-refractivity contribution is -0.193. The molecule has 1 aromatic heterocycles. The van der Waals surface area contributed by atoms with Crippen LogP contribution in [0.4, 0.5) is 22.0 Å². The number of fused-ring (bicyclic) bond motifs is 3. The standard InChI is InChI=1S/C29H34F5N3O3/c1-17(28(38)39)16-37-24(29(32,33)34)15-20-19-7-4-5-8-22(19)35-26(20)27(37)25-18(2)23(10-9-21(25)31)40-14-13-36(3)12-6-11-30/h4-5,7-10,17,24,27,35H,6,11-16H2,1-3H3,(H,38,39). The molecule has 1 aliphatic heterocycles. The van der Waals surface area contributed by atoms with E-state index >= 15 is 4.39 Å². The molecular formula is C29H34F5N3O3. The number of ether oxygens (including phenoxy) is 1. The zero-order valence-corrected chi connectivity index (χ0v) is 22.7. The number of alkyl halides is 4. The zero-order chi connectivity index (χ0) is 29.2. The predicted octanol–water partition coefficient (Wildman–Crippen LogP) is 5.88. The van der Waals surface area contributed by atoms with Gasteiger partial charge in [-0.1, -0.05) is 25.1 Å². The molecule has 2 aromatic carbocycles. The number of hydrogen-bond acceptors (Lipinski definition) is 4. The molecule has 0 amide bonds. The molecule has 0 radical (unpaired) electrons. The fraction of sp³-hybridized carbons (Fsp3) is 0.483. The van der Waals surface area contributed by atoms with E-state index in [1.165, 1.54) is 19.1 Å². The minimum Gasteiger partial charge on any atom is -0.492 e. The lowest BCUT2D eigenvalue weighted by Crippen LogP contribution is -2.54. The summed E-state index contributed by atoms with van der Waals surface area (Å²) in [6.45, 7) is 3.28. The van der Waals surface area contributed by atoms with Crippen LogP contribution in [0.15, 0.2) is 36.4 Å². The predicted molar refractivity (Wildman–Crippen MR) is 142 cm³/mol. The van der Waals surface area contributed by atoms with Crippen LogP contribution in [-0.4, -0.2) is 78.0 Å². The van der Waals surface area contributed by atoms with Gasteiger partial charge in [-0.15, -0.1) is 0 Å². The Morgan fingerprint density at radius 2 is 1.95 bits per heavy atom. The Hall–Kier alpha value is -3.18. The first-order valence-electron chi connectivity index (χ1n) is 13.2. The summed E-state index contributed by atoms with van der Waals surface area (Å²) in [5, 5.41) is 10.2. The molecule has 0 aliphatic carbocycles. The maximum atomic E-state index is 15.7. The molecule has 40 heavy (non-hydrogen) atoms. The third kappa shape index (κ3) is 6.10. The van der Waals surface area contributed by atoms with E-state index in [4.69, 9.17) is 4.74 Å². The van der Waals surface area contributed by atoms with Crippen molar-refractivity contribution in [1.82, 2.24) is 14.8 Å². The van der Waals surface area contributed by atoms with Crippen molar-refractivity contribution in [3.8, 4) is 5.75 Å². The van der Waals surface area contributed by atoms with Gasteiger partial charge in [-0.05, 0) is 56.1 Å². The minimum absolute atomic E-state index is 0.00243. The molecule has 2 N–H and O–H groups in total. The quantitative estimate of drug-likeness (QED) is 0.283. The molecule has 3 atom stereocenters. The van der Waals surface area contributed by atoms with E-state index < -0.39 is 55.6 Å². The van der Waals surface area contributed by atoms with Gasteiger partial charge in [0, 0.05) is 41.8 Å². The van der Waals surface area contributed by atoms with Crippen molar-refractivity contribution in [2.45, 2.75) is 44.9 Å². The Morgan fingerprint density at radius 3 is 2.62 bits per heavy atom. The summed E-state index contributed by atoms with van der Waals surface area (Å²) in [5.74, 6) is -2.78. The first-order chi connectivity index (χ1) is 18.9. The summed E-state index contributed by atoms with van der Waals surface area (Å²) >= 11 is 0. The van der Waals surface area contributed by atoms with Crippen LogP contribution in [0.3, 0.4) is 0 Å². The van der Waals surface area contributed by atoms with Gasteiger partial charge in [-0.3, -0.25) is 14.1 Å². The monoisotopic (exact) mass is 567 g/mol. The number of nitrogens with zero attached hydrogens (tertiary/aromatic N) is 2. The van der Waals surface area contributed by atoms with Crippen molar-refractivity contribution in [3.05, 3.63) is 64.6 Å². The zero-order valence-electron chi connectivity index (χ0n) is 22.7. The normalized spacial score (nSPS) is 18.7. The van der Waals surface area contributed by atoms with E-state index in [1.54, 1.807) is 31.2 Å². The van der Waals surface area contributed by atoms with Crippen molar-refractivity contribution in [2.75, 3.05) is 40.0 Å². The Balaban J connectivity index is 1.83. The van der Waals surface area contributed by atoms with Crippen LogP contribution in [0.25, 0.3) is 10.9 Å². The number of benzene rings is 2. The van der Waals surface area contributed by atoms with Crippen molar-refractivity contribution in [1.29, 1.82) is 0 Å². The van der Waals surface area contributed by atoms with E-state index in [1.807, 2.05) is 11.9 Å². The van der Waals surface area contributed by atoms with E-state index in [-0.39, 0.29) is 12.2 Å². The highest BCUT2D eigenvalue weighted by atomic mass is 19.4. The van der Waals surface area contributed by atoms with Crippen LogP contribution in [0.5, 0.6) is 5.75 Å². The lowest BCUT2D eigenvalue weighted by atomic mass is 9.85. The molecule has 218 valence electrons. The average Bonchev–Trinajstić information content (AvgIpc) is 3.27. The molecule has 0 bridgehead atoms. The van der Waals surface area contributed by atoms with Crippen molar-refractivity contribution in [3.63, 3.8) is 0 Å². The largest absolute Gasteiger partial charge is 0.492 e. The van der Waals surface area contributed by atoms with Gasteiger partial charge in [0.05, 0.1) is 18.6 Å². The van der Waals surface area contributed by atoms with Gasteiger partial charge in [0.15, 0.2) is 0 Å². The van der Waals surface area contributed by atoms with Crippen LogP contribution in [0, 0.1) is 18.7 Å². The Kier molecular flexibility index (Phi) is 9.04. The van der Waals surface area contributed by atoms with Gasteiger partial charge < -0.3 is 19.7 Å². The number of H-pyrrole nitrogens is 1. The second-order valence-electron chi connectivity index (χ2n) is 10.4. The van der Waals surface area contributed by atoms with Crippen molar-refractivity contribution < 1.29 is 36.6 Å². The highest BCUT2D eigenvalue weighted by molar-refractivity contribution is 5.85. The van der Waals surface area contributed by atoms with Crippen LogP contribution in [0.2, 0.25) is 0 Å². The number of carbonyl (C=O) groups is 1. The second-order valence-corrected chi connectivity index (χ2v) is 10.4. The van der Waals surface area contributed by atoms with E-state index in [0.29, 0.717) is 53.0 Å². The summed E-state index contributed by atoms with van der Waals surface area (Å²) in [6, 6.07) is 6.32. The highest BCUT2D eigenvalue weighted by Crippen LogP contribution is 2.47. The summed E-state index contributed by atoms with van der Waals surface area (Å²) in [5.41, 5.74) is 1.79. The molecule has 0 saturated carbocycles. The lowest BCUT2D eigenvalue weighted by Gasteiger charge is -2.44. The van der Waals surface area contributed by atoms with Crippen molar-refractivity contribution in [2.24, 2.45) is 5.92 Å². The minimum atomic E-state index is -4.70. The topological polar surface area (TPSA) is 68.8 Å². The van der Waals surface area contributed by atoms with Crippen LogP contribution in [0.1, 0.15) is 41.8 Å². The van der Waals surface area contributed by atoms with Gasteiger partial charge in [0.25, 0.3) is 0 Å². The smallest absolute Gasteiger partial charge is 0.404 e. The summed E-state index contributed by atoms with van der Waals surface area (Å²) < 4.78 is 77.9. The number of aliphatic carboxylic acids is 1. The molecule has 11 heteroatoms. The van der Waals surface area contributed by atoms with Gasteiger partial charge in [-0.2, -0.15) is 13.2 Å². The number of hydrogen-bond donors (Lipinski definition) is 2. The molecule has 2 heterocycles. The summed E-state index contributed by atoms with van der Waals surface area (Å²) in [7, 11) is 1.82. The molecule has 4 rings (SSSR count). The molecule has 3 aromatic rings. The van der Waals surface area contributed by atoms with E-state index in [0.717, 1.165) is 4.90 Å². The molecule has 1 aliphatic rings. The van der Waals surface area contributed by atoms with Gasteiger partial charge in [0.2, 0.25) is 0 Å². The van der Waals surface area contributed by atoms with Crippen LogP contribution >= 0.6 is 0 Å². The number of carboxylic acids is 1. The van der Waals surface area contributed by atoms with Gasteiger partial charge in [0.1, 0.15) is 24.2 Å². The number of aromatic amines is 1. The maximum Gasteiger partial charge on any atom is 0.404 e. The molecule has 0 spiro atoms. The SMILES string of the molecule is Cc1c(OCCN(C)CCCF)ccc(F)c1C1c2[nH]c3ccccc3c2CC(C(F)(F)F)N1CC(C)C(=O)O. The molecule has 3 unspecified atom stereocenters. The van der Waals surface area contributed by atoms with E-state index in [2.05, 4.69) is 4.98 Å². The van der Waals surface area contributed by atoms with E-state index in [9.17, 15) is 27.5 Å². The summed E-state index contributed by atoms with van der Waals surface area (Å²) in [4.78, 5) is 17.9. The Bertz CT molecular complexity index is 1340. The molecule has 0 fully saturated rings. The number of aromatic nitrogens is 1. The maximum absolute atomic E-state index is 15.7. The molecular weight excluding hydrogens is 533 g/mol. The van der Waals surface area contributed by atoms with Crippen molar-refractivity contribution >= 4 is 16.9 Å². The second kappa shape index (κ2) is 12.1. The fourth-order valence-corrected chi connectivity index (χ4v) is 5.49. The molecule has 0 saturated heterocycles. The van der Waals surface area contributed by atoms with Crippen LogP contribution in [-0.2, 0) is 11.2 Å². The third-order valence-corrected chi connectivity index (χ3v) is 7.62. The number of nitrogens with one attached hydrogen (secondary N) is 1. The number of para-hydroxylation sites is 1. The van der Waals surface area contributed by atoms with Crippen LogP contribution < -0.4 is 4.74 Å². The fourth-order valence-electron chi connectivity index (χ4n) is 5.49. The number of halogens is 5.